The number of alkyl halides is 2. The minimum absolute atomic E-state index is 0.0375. The van der Waals surface area contributed by atoms with Crippen molar-refractivity contribution in [2.75, 3.05) is 0 Å². The highest BCUT2D eigenvalue weighted by molar-refractivity contribution is 6.33. The highest BCUT2D eigenvalue weighted by Gasteiger charge is 2.16. The number of hydrogen-bond donors (Lipinski definition) is 1. The molecule has 1 aromatic rings. The molecule has 0 saturated carbocycles. The molecule has 0 aromatic carbocycles. The zero-order valence-electron chi connectivity index (χ0n) is 6.27. The number of rotatable bonds is 2. The van der Waals surface area contributed by atoms with Gasteiger partial charge in [0.15, 0.2) is 0 Å². The Balaban J connectivity index is 3.27. The van der Waals surface area contributed by atoms with Crippen molar-refractivity contribution in [3.05, 3.63) is 27.5 Å². The molecule has 0 aliphatic heterocycles. The predicted molar refractivity (Wildman–Crippen MR) is 45.1 cm³/mol. The Kier molecular flexibility index (Phi) is 3.41. The van der Waals surface area contributed by atoms with E-state index < -0.39 is 18.6 Å². The minimum Gasteiger partial charge on any atom is -0.390 e. The van der Waals surface area contributed by atoms with Crippen molar-refractivity contribution >= 4 is 23.2 Å². The maximum absolute atomic E-state index is 12.3. The number of aliphatic hydroxyl groups is 1. The Bertz CT molecular complexity index is 320. The van der Waals surface area contributed by atoms with E-state index in [4.69, 9.17) is 28.3 Å². The van der Waals surface area contributed by atoms with Gasteiger partial charge in [-0.1, -0.05) is 23.2 Å². The van der Waals surface area contributed by atoms with Crippen LogP contribution in [0.25, 0.3) is 0 Å². The van der Waals surface area contributed by atoms with E-state index in [9.17, 15) is 8.78 Å². The molecule has 1 N–H and O–H groups in total. The van der Waals surface area contributed by atoms with E-state index in [-0.39, 0.29) is 15.9 Å². The summed E-state index contributed by atoms with van der Waals surface area (Å²) in [5.74, 6) is 0. The Morgan fingerprint density at radius 3 is 2.54 bits per heavy atom. The molecule has 0 radical (unpaired) electrons. The van der Waals surface area contributed by atoms with Gasteiger partial charge in [0.1, 0.15) is 5.15 Å². The maximum Gasteiger partial charge on any atom is 0.265 e. The van der Waals surface area contributed by atoms with Crippen LogP contribution in [-0.2, 0) is 6.61 Å². The van der Waals surface area contributed by atoms with Crippen LogP contribution in [0.1, 0.15) is 17.7 Å². The Hall–Kier alpha value is -0.450. The molecule has 1 rings (SSSR count). The number of pyridine rings is 1. The van der Waals surface area contributed by atoms with E-state index in [2.05, 4.69) is 4.98 Å². The summed E-state index contributed by atoms with van der Waals surface area (Å²) >= 11 is 10.9. The number of hydrogen-bond acceptors (Lipinski definition) is 2. The summed E-state index contributed by atoms with van der Waals surface area (Å²) in [6.45, 7) is -0.515. The van der Waals surface area contributed by atoms with E-state index >= 15 is 0 Å². The van der Waals surface area contributed by atoms with Crippen LogP contribution in [0.5, 0.6) is 0 Å². The van der Waals surface area contributed by atoms with Gasteiger partial charge in [-0.3, -0.25) is 0 Å². The number of aromatic nitrogens is 1. The van der Waals surface area contributed by atoms with Crippen LogP contribution in [0.3, 0.4) is 0 Å². The van der Waals surface area contributed by atoms with Gasteiger partial charge in [0.25, 0.3) is 6.43 Å². The van der Waals surface area contributed by atoms with Gasteiger partial charge in [-0.2, -0.15) is 0 Å². The minimum atomic E-state index is -2.72. The van der Waals surface area contributed by atoms with Crippen molar-refractivity contribution in [3.63, 3.8) is 0 Å². The lowest BCUT2D eigenvalue weighted by atomic mass is 10.2. The second kappa shape index (κ2) is 4.17. The van der Waals surface area contributed by atoms with Gasteiger partial charge in [0, 0.05) is 5.56 Å². The van der Waals surface area contributed by atoms with Crippen molar-refractivity contribution in [1.82, 2.24) is 4.98 Å². The molecule has 0 saturated heterocycles. The zero-order chi connectivity index (χ0) is 10.0. The molecule has 1 heterocycles. The summed E-state index contributed by atoms with van der Waals surface area (Å²) < 4.78 is 24.5. The molecule has 72 valence electrons. The Morgan fingerprint density at radius 1 is 1.46 bits per heavy atom. The average Bonchev–Trinajstić information content (AvgIpc) is 2.08. The molecule has 0 bridgehead atoms. The molecule has 1 aromatic heterocycles. The summed E-state index contributed by atoms with van der Waals surface area (Å²) in [5.41, 5.74) is -0.449. The first-order chi connectivity index (χ1) is 6.06. The summed E-state index contributed by atoms with van der Waals surface area (Å²) in [4.78, 5) is 3.58. The summed E-state index contributed by atoms with van der Waals surface area (Å²) in [7, 11) is 0. The van der Waals surface area contributed by atoms with E-state index in [1.54, 1.807) is 0 Å². The molecular formula is C7H5Cl2F2NO. The first kappa shape index (κ1) is 10.6. The lowest BCUT2D eigenvalue weighted by Crippen LogP contribution is -1.96. The van der Waals surface area contributed by atoms with Gasteiger partial charge in [-0.05, 0) is 6.07 Å². The van der Waals surface area contributed by atoms with Gasteiger partial charge >= 0.3 is 0 Å². The lowest BCUT2D eigenvalue weighted by Gasteiger charge is -2.06. The molecule has 13 heavy (non-hydrogen) atoms. The molecule has 0 aliphatic rings. The molecule has 6 heteroatoms. The lowest BCUT2D eigenvalue weighted by molar-refractivity contribution is 0.151. The molecule has 0 fully saturated rings. The molecule has 0 aliphatic carbocycles. The normalized spacial score (nSPS) is 10.9. The van der Waals surface area contributed by atoms with Crippen molar-refractivity contribution in [1.29, 1.82) is 0 Å². The van der Waals surface area contributed by atoms with Crippen LogP contribution in [0.2, 0.25) is 10.2 Å². The van der Waals surface area contributed by atoms with E-state index in [1.807, 2.05) is 0 Å². The summed E-state index contributed by atoms with van der Waals surface area (Å²) in [5, 5.41) is 8.36. The van der Waals surface area contributed by atoms with E-state index in [1.165, 1.54) is 0 Å². The van der Waals surface area contributed by atoms with E-state index in [0.29, 0.717) is 0 Å². The smallest absolute Gasteiger partial charge is 0.265 e. The fourth-order valence-corrected chi connectivity index (χ4v) is 1.29. The van der Waals surface area contributed by atoms with Crippen molar-refractivity contribution in [3.8, 4) is 0 Å². The van der Waals surface area contributed by atoms with Crippen molar-refractivity contribution in [2.24, 2.45) is 0 Å². The predicted octanol–water partition coefficient (Wildman–Crippen LogP) is 2.82. The third-order valence-electron chi connectivity index (χ3n) is 1.41. The molecule has 0 spiro atoms. The topological polar surface area (TPSA) is 33.1 Å². The second-order valence-electron chi connectivity index (χ2n) is 2.25. The number of halogens is 4. The summed E-state index contributed by atoms with van der Waals surface area (Å²) in [6, 6.07) is 0.980. The Morgan fingerprint density at radius 2 is 2.08 bits per heavy atom. The average molecular weight is 228 g/mol. The van der Waals surface area contributed by atoms with E-state index in [0.717, 1.165) is 6.07 Å². The fourth-order valence-electron chi connectivity index (χ4n) is 0.832. The quantitative estimate of drug-likeness (QED) is 0.789. The molecule has 0 atom stereocenters. The van der Waals surface area contributed by atoms with Crippen LogP contribution >= 0.6 is 23.2 Å². The third-order valence-corrected chi connectivity index (χ3v) is 2.04. The van der Waals surface area contributed by atoms with Crippen molar-refractivity contribution in [2.45, 2.75) is 13.0 Å². The highest BCUT2D eigenvalue weighted by Crippen LogP contribution is 2.30. The number of nitrogens with zero attached hydrogens (tertiary/aromatic N) is 1. The second-order valence-corrected chi connectivity index (χ2v) is 3.02. The van der Waals surface area contributed by atoms with Gasteiger partial charge in [-0.25, -0.2) is 13.8 Å². The standard InChI is InChI=1S/C7H5Cl2F2NO/c8-5-1-3(7(10)11)6(9)4(2-13)12-5/h1,7,13H,2H2. The first-order valence-electron chi connectivity index (χ1n) is 3.30. The van der Waals surface area contributed by atoms with Crippen LogP contribution < -0.4 is 0 Å². The Labute approximate surface area is 83.1 Å². The molecule has 2 nitrogen and oxygen atoms in total. The highest BCUT2D eigenvalue weighted by atomic mass is 35.5. The fraction of sp³-hybridized carbons (Fsp3) is 0.286. The van der Waals surface area contributed by atoms with Gasteiger partial charge in [0.2, 0.25) is 0 Å². The monoisotopic (exact) mass is 227 g/mol. The number of aliphatic hydroxyl groups excluding tert-OH is 1. The molecule has 0 amide bonds. The maximum atomic E-state index is 12.3. The van der Waals surface area contributed by atoms with Crippen LogP contribution in [0.4, 0.5) is 8.78 Å². The van der Waals surface area contributed by atoms with Crippen LogP contribution in [-0.4, -0.2) is 10.1 Å². The zero-order valence-corrected chi connectivity index (χ0v) is 7.78. The molecular weight excluding hydrogens is 223 g/mol. The first-order valence-corrected chi connectivity index (χ1v) is 4.05. The van der Waals surface area contributed by atoms with Gasteiger partial charge < -0.3 is 5.11 Å². The van der Waals surface area contributed by atoms with Gasteiger partial charge in [-0.15, -0.1) is 0 Å². The summed E-state index contributed by atoms with van der Waals surface area (Å²) in [6.07, 6.45) is -2.72. The molecule has 0 unspecified atom stereocenters. The van der Waals surface area contributed by atoms with Crippen molar-refractivity contribution < 1.29 is 13.9 Å². The van der Waals surface area contributed by atoms with Crippen LogP contribution in [0, 0.1) is 0 Å². The SMILES string of the molecule is OCc1nc(Cl)cc(C(F)F)c1Cl. The van der Waals surface area contributed by atoms with Gasteiger partial charge in [0.05, 0.1) is 17.3 Å². The third kappa shape index (κ3) is 2.27. The largest absolute Gasteiger partial charge is 0.390 e. The van der Waals surface area contributed by atoms with Crippen LogP contribution in [0.15, 0.2) is 6.07 Å².